The largest absolute Gasteiger partial charge is 0.478 e. The second-order valence-electron chi connectivity index (χ2n) is 3.00. The summed E-state index contributed by atoms with van der Waals surface area (Å²) in [6.07, 6.45) is 2.91. The molecule has 0 aliphatic heterocycles. The molecule has 0 unspecified atom stereocenters. The molecular weight excluding hydrogens is 187 g/mol. The molecule has 0 bridgehead atoms. The number of aromatic nitrogens is 2. The van der Waals surface area contributed by atoms with Crippen molar-refractivity contribution in [1.82, 2.24) is 9.38 Å². The van der Waals surface area contributed by atoms with Gasteiger partial charge in [0, 0.05) is 12.4 Å². The highest BCUT2D eigenvalue weighted by Gasteiger charge is 2.10. The van der Waals surface area contributed by atoms with E-state index in [0.717, 1.165) is 6.07 Å². The van der Waals surface area contributed by atoms with Crippen LogP contribution in [0, 0.1) is 12.7 Å². The van der Waals surface area contributed by atoms with Crippen LogP contribution >= 0.6 is 0 Å². The molecule has 0 aliphatic rings. The molecular formula is C9H7FN2O2. The Bertz CT molecular complexity index is 519. The van der Waals surface area contributed by atoms with E-state index >= 15 is 0 Å². The summed E-state index contributed by atoms with van der Waals surface area (Å²) in [6.45, 7) is 1.72. The summed E-state index contributed by atoms with van der Waals surface area (Å²) in [7, 11) is 0. The maximum absolute atomic E-state index is 13.3. The molecule has 5 heteroatoms. The number of aromatic carboxylic acids is 1. The lowest BCUT2D eigenvalue weighted by Gasteiger charge is -1.97. The monoisotopic (exact) mass is 194 g/mol. The number of hydrogen-bond donors (Lipinski definition) is 1. The van der Waals surface area contributed by atoms with Crippen LogP contribution in [0.5, 0.6) is 0 Å². The van der Waals surface area contributed by atoms with Crippen molar-refractivity contribution < 1.29 is 14.3 Å². The second kappa shape index (κ2) is 2.80. The SMILES string of the molecule is Cc1cn2cc(C(=O)O)cc(F)c2n1. The highest BCUT2D eigenvalue weighted by molar-refractivity contribution is 5.87. The third kappa shape index (κ3) is 1.22. The molecule has 0 amide bonds. The quantitative estimate of drug-likeness (QED) is 0.748. The summed E-state index contributed by atoms with van der Waals surface area (Å²) >= 11 is 0. The number of nitrogens with zero attached hydrogens (tertiary/aromatic N) is 2. The third-order valence-electron chi connectivity index (χ3n) is 1.87. The van der Waals surface area contributed by atoms with E-state index in [0.29, 0.717) is 5.69 Å². The molecule has 2 aromatic heterocycles. The summed E-state index contributed by atoms with van der Waals surface area (Å²) < 4.78 is 14.6. The first-order chi connectivity index (χ1) is 6.58. The van der Waals surface area contributed by atoms with Crippen molar-refractivity contribution in [3.8, 4) is 0 Å². The Labute approximate surface area is 78.6 Å². The molecule has 0 aliphatic carbocycles. The number of aryl methyl sites for hydroxylation is 1. The van der Waals surface area contributed by atoms with Gasteiger partial charge in [-0.3, -0.25) is 0 Å². The van der Waals surface area contributed by atoms with Gasteiger partial charge in [0.2, 0.25) is 0 Å². The zero-order valence-electron chi connectivity index (χ0n) is 7.36. The molecule has 0 saturated carbocycles. The Kier molecular flexibility index (Phi) is 1.73. The molecule has 0 aromatic carbocycles. The van der Waals surface area contributed by atoms with Gasteiger partial charge in [0.25, 0.3) is 0 Å². The lowest BCUT2D eigenvalue weighted by molar-refractivity contribution is 0.0696. The number of halogens is 1. The van der Waals surface area contributed by atoms with E-state index in [9.17, 15) is 9.18 Å². The minimum Gasteiger partial charge on any atom is -0.478 e. The van der Waals surface area contributed by atoms with Crippen LogP contribution in [0.2, 0.25) is 0 Å². The topological polar surface area (TPSA) is 54.6 Å². The summed E-state index contributed by atoms with van der Waals surface area (Å²) in [4.78, 5) is 14.5. The van der Waals surface area contributed by atoms with E-state index < -0.39 is 11.8 Å². The van der Waals surface area contributed by atoms with Crippen LogP contribution in [-0.2, 0) is 0 Å². The Morgan fingerprint density at radius 1 is 1.57 bits per heavy atom. The average molecular weight is 194 g/mol. The van der Waals surface area contributed by atoms with Crippen LogP contribution in [0.3, 0.4) is 0 Å². The molecule has 72 valence electrons. The average Bonchev–Trinajstić information content (AvgIpc) is 2.45. The van der Waals surface area contributed by atoms with Crippen molar-refractivity contribution in [2.24, 2.45) is 0 Å². The molecule has 0 spiro atoms. The van der Waals surface area contributed by atoms with Crippen molar-refractivity contribution in [3.63, 3.8) is 0 Å². The normalized spacial score (nSPS) is 10.7. The number of hydrogen-bond acceptors (Lipinski definition) is 2. The lowest BCUT2D eigenvalue weighted by atomic mass is 10.3. The summed E-state index contributed by atoms with van der Waals surface area (Å²) in [5.41, 5.74) is 0.700. The molecule has 0 radical (unpaired) electrons. The van der Waals surface area contributed by atoms with Crippen molar-refractivity contribution in [3.05, 3.63) is 35.5 Å². The van der Waals surface area contributed by atoms with Crippen LogP contribution in [0.15, 0.2) is 18.5 Å². The van der Waals surface area contributed by atoms with E-state index in [4.69, 9.17) is 5.11 Å². The van der Waals surface area contributed by atoms with Crippen LogP contribution in [0.4, 0.5) is 4.39 Å². The van der Waals surface area contributed by atoms with Crippen molar-refractivity contribution >= 4 is 11.6 Å². The number of carboxylic acids is 1. The van der Waals surface area contributed by atoms with Gasteiger partial charge in [-0.2, -0.15) is 0 Å². The maximum atomic E-state index is 13.3. The van der Waals surface area contributed by atoms with E-state index in [1.807, 2.05) is 0 Å². The minimum absolute atomic E-state index is 0.0904. The van der Waals surface area contributed by atoms with E-state index in [1.165, 1.54) is 10.6 Å². The fraction of sp³-hybridized carbons (Fsp3) is 0.111. The minimum atomic E-state index is -1.16. The molecule has 2 heterocycles. The maximum Gasteiger partial charge on any atom is 0.337 e. The van der Waals surface area contributed by atoms with E-state index in [2.05, 4.69) is 4.98 Å². The number of rotatable bonds is 1. The van der Waals surface area contributed by atoms with Crippen molar-refractivity contribution in [2.45, 2.75) is 6.92 Å². The molecule has 2 aromatic rings. The van der Waals surface area contributed by atoms with Gasteiger partial charge in [-0.05, 0) is 13.0 Å². The third-order valence-corrected chi connectivity index (χ3v) is 1.87. The number of fused-ring (bicyclic) bond motifs is 1. The fourth-order valence-electron chi connectivity index (χ4n) is 1.30. The molecule has 1 N–H and O–H groups in total. The first-order valence-electron chi connectivity index (χ1n) is 3.96. The predicted molar refractivity (Wildman–Crippen MR) is 46.8 cm³/mol. The number of carbonyl (C=O) groups is 1. The number of carboxylic acid groups (broad SMARTS) is 1. The number of imidazole rings is 1. The molecule has 0 fully saturated rings. The summed E-state index contributed by atoms with van der Waals surface area (Å²) in [5, 5.41) is 8.68. The highest BCUT2D eigenvalue weighted by atomic mass is 19.1. The highest BCUT2D eigenvalue weighted by Crippen LogP contribution is 2.12. The lowest BCUT2D eigenvalue weighted by Crippen LogP contribution is -2.00. The number of pyridine rings is 1. The predicted octanol–water partition coefficient (Wildman–Crippen LogP) is 1.48. The van der Waals surface area contributed by atoms with Gasteiger partial charge >= 0.3 is 5.97 Å². The van der Waals surface area contributed by atoms with Gasteiger partial charge in [0.1, 0.15) is 0 Å². The molecule has 2 rings (SSSR count). The zero-order chi connectivity index (χ0) is 10.3. The second-order valence-corrected chi connectivity index (χ2v) is 3.00. The fourth-order valence-corrected chi connectivity index (χ4v) is 1.30. The van der Waals surface area contributed by atoms with Gasteiger partial charge in [0.15, 0.2) is 11.5 Å². The van der Waals surface area contributed by atoms with Gasteiger partial charge in [-0.25, -0.2) is 14.2 Å². The van der Waals surface area contributed by atoms with Gasteiger partial charge in [0.05, 0.1) is 11.3 Å². The van der Waals surface area contributed by atoms with Crippen LogP contribution in [0.1, 0.15) is 16.1 Å². The standard InChI is InChI=1S/C9H7FN2O2/c1-5-3-12-4-6(9(13)14)2-7(10)8(12)11-5/h2-4H,1H3,(H,13,14). The Balaban J connectivity index is 2.77. The van der Waals surface area contributed by atoms with Gasteiger partial charge in [-0.15, -0.1) is 0 Å². The van der Waals surface area contributed by atoms with E-state index in [-0.39, 0.29) is 11.2 Å². The Morgan fingerprint density at radius 2 is 2.29 bits per heavy atom. The van der Waals surface area contributed by atoms with Crippen LogP contribution in [0.25, 0.3) is 5.65 Å². The Morgan fingerprint density at radius 3 is 2.93 bits per heavy atom. The molecule has 0 saturated heterocycles. The summed E-state index contributed by atoms with van der Waals surface area (Å²) in [6, 6.07) is 0.962. The van der Waals surface area contributed by atoms with Crippen LogP contribution in [-0.4, -0.2) is 20.5 Å². The summed E-state index contributed by atoms with van der Waals surface area (Å²) in [5.74, 6) is -1.78. The Hall–Kier alpha value is -1.91. The first-order valence-corrected chi connectivity index (χ1v) is 3.96. The van der Waals surface area contributed by atoms with Gasteiger partial charge < -0.3 is 9.51 Å². The smallest absolute Gasteiger partial charge is 0.337 e. The van der Waals surface area contributed by atoms with Gasteiger partial charge in [-0.1, -0.05) is 0 Å². The molecule has 4 nitrogen and oxygen atoms in total. The van der Waals surface area contributed by atoms with Crippen molar-refractivity contribution in [2.75, 3.05) is 0 Å². The first kappa shape index (κ1) is 8.68. The van der Waals surface area contributed by atoms with Crippen LogP contribution < -0.4 is 0 Å². The van der Waals surface area contributed by atoms with Crippen molar-refractivity contribution in [1.29, 1.82) is 0 Å². The van der Waals surface area contributed by atoms with E-state index in [1.54, 1.807) is 13.1 Å². The molecule has 0 atom stereocenters. The zero-order valence-corrected chi connectivity index (χ0v) is 7.36. The molecule has 14 heavy (non-hydrogen) atoms.